The third-order valence-corrected chi connectivity index (χ3v) is 3.72. The standard InChI is InChI=1S/C15H22BrFN2O2/c1-3-4-5-12(9-18)19-15(20)10(2)21-14-7-6-11(17)8-13(14)16/h6-8,10,12H,3-5,9,18H2,1-2H3,(H,19,20). The molecule has 0 aliphatic carbocycles. The van der Waals surface area contributed by atoms with Gasteiger partial charge in [-0.3, -0.25) is 4.79 Å². The average molecular weight is 361 g/mol. The van der Waals surface area contributed by atoms with Gasteiger partial charge in [-0.1, -0.05) is 19.8 Å². The fourth-order valence-corrected chi connectivity index (χ4v) is 2.28. The number of hydrogen-bond donors (Lipinski definition) is 2. The van der Waals surface area contributed by atoms with Crippen LogP contribution in [0.25, 0.3) is 0 Å². The first kappa shape index (κ1) is 17.9. The molecule has 6 heteroatoms. The van der Waals surface area contributed by atoms with E-state index in [-0.39, 0.29) is 17.8 Å². The topological polar surface area (TPSA) is 64.3 Å². The van der Waals surface area contributed by atoms with Crippen LogP contribution in [0.1, 0.15) is 33.1 Å². The number of carbonyl (C=O) groups is 1. The molecule has 0 spiro atoms. The SMILES string of the molecule is CCCCC(CN)NC(=O)C(C)Oc1ccc(F)cc1Br. The molecule has 21 heavy (non-hydrogen) atoms. The van der Waals surface area contributed by atoms with E-state index in [1.807, 2.05) is 0 Å². The van der Waals surface area contributed by atoms with Crippen LogP contribution in [-0.4, -0.2) is 24.6 Å². The van der Waals surface area contributed by atoms with E-state index in [9.17, 15) is 9.18 Å². The molecular weight excluding hydrogens is 339 g/mol. The molecule has 2 atom stereocenters. The van der Waals surface area contributed by atoms with E-state index < -0.39 is 6.10 Å². The summed E-state index contributed by atoms with van der Waals surface area (Å²) < 4.78 is 19.0. The van der Waals surface area contributed by atoms with E-state index in [1.54, 1.807) is 6.92 Å². The molecule has 0 aliphatic heterocycles. The summed E-state index contributed by atoms with van der Waals surface area (Å²) in [7, 11) is 0. The molecule has 0 bridgehead atoms. The third kappa shape index (κ3) is 6.01. The number of nitrogens with two attached hydrogens (primary N) is 1. The zero-order chi connectivity index (χ0) is 15.8. The Kier molecular flexibility index (Phi) is 7.67. The van der Waals surface area contributed by atoms with Gasteiger partial charge in [-0.25, -0.2) is 4.39 Å². The number of carbonyl (C=O) groups excluding carboxylic acids is 1. The van der Waals surface area contributed by atoms with Crippen molar-refractivity contribution in [3.8, 4) is 5.75 Å². The van der Waals surface area contributed by atoms with E-state index in [2.05, 4.69) is 28.2 Å². The highest BCUT2D eigenvalue weighted by molar-refractivity contribution is 9.10. The number of rotatable bonds is 8. The summed E-state index contributed by atoms with van der Waals surface area (Å²) in [4.78, 5) is 12.1. The van der Waals surface area contributed by atoms with Crippen LogP contribution in [0.2, 0.25) is 0 Å². The maximum atomic E-state index is 13.0. The zero-order valence-electron chi connectivity index (χ0n) is 12.4. The first-order valence-corrected chi connectivity index (χ1v) is 7.89. The van der Waals surface area contributed by atoms with Gasteiger partial charge in [0.05, 0.1) is 4.47 Å². The quantitative estimate of drug-likeness (QED) is 0.748. The summed E-state index contributed by atoms with van der Waals surface area (Å²) in [5, 5.41) is 2.87. The fraction of sp³-hybridized carbons (Fsp3) is 0.533. The van der Waals surface area contributed by atoms with Gasteiger partial charge in [0, 0.05) is 12.6 Å². The molecule has 0 saturated carbocycles. The third-order valence-electron chi connectivity index (χ3n) is 3.10. The average Bonchev–Trinajstić information content (AvgIpc) is 2.45. The minimum absolute atomic E-state index is 0.0415. The summed E-state index contributed by atoms with van der Waals surface area (Å²) in [6.45, 7) is 4.14. The summed E-state index contributed by atoms with van der Waals surface area (Å²) in [5.41, 5.74) is 5.65. The Morgan fingerprint density at radius 3 is 2.81 bits per heavy atom. The first-order valence-electron chi connectivity index (χ1n) is 7.10. The van der Waals surface area contributed by atoms with Crippen molar-refractivity contribution >= 4 is 21.8 Å². The summed E-state index contributed by atoms with van der Waals surface area (Å²) in [6, 6.07) is 4.03. The van der Waals surface area contributed by atoms with E-state index in [1.165, 1.54) is 18.2 Å². The van der Waals surface area contributed by atoms with E-state index >= 15 is 0 Å². The maximum Gasteiger partial charge on any atom is 0.261 e. The van der Waals surface area contributed by atoms with Crippen molar-refractivity contribution in [3.63, 3.8) is 0 Å². The van der Waals surface area contributed by atoms with Crippen molar-refractivity contribution in [3.05, 3.63) is 28.5 Å². The van der Waals surface area contributed by atoms with Crippen LogP contribution in [0.3, 0.4) is 0 Å². The van der Waals surface area contributed by atoms with Crippen molar-refractivity contribution in [1.29, 1.82) is 0 Å². The van der Waals surface area contributed by atoms with Gasteiger partial charge in [0.15, 0.2) is 6.10 Å². The highest BCUT2D eigenvalue weighted by Crippen LogP contribution is 2.26. The number of unbranched alkanes of at least 4 members (excludes halogenated alkanes) is 1. The van der Waals surface area contributed by atoms with Crippen molar-refractivity contribution in [2.45, 2.75) is 45.3 Å². The van der Waals surface area contributed by atoms with Crippen molar-refractivity contribution in [1.82, 2.24) is 5.32 Å². The Labute approximate surface area is 133 Å². The Morgan fingerprint density at radius 2 is 2.24 bits per heavy atom. The smallest absolute Gasteiger partial charge is 0.261 e. The second-order valence-corrected chi connectivity index (χ2v) is 5.77. The van der Waals surface area contributed by atoms with E-state index in [4.69, 9.17) is 10.5 Å². The molecule has 2 unspecified atom stereocenters. The highest BCUT2D eigenvalue weighted by Gasteiger charge is 2.19. The largest absolute Gasteiger partial charge is 0.480 e. The minimum Gasteiger partial charge on any atom is -0.480 e. The molecule has 0 aromatic heterocycles. The zero-order valence-corrected chi connectivity index (χ0v) is 14.0. The van der Waals surface area contributed by atoms with Crippen LogP contribution in [0.5, 0.6) is 5.75 Å². The number of amides is 1. The second-order valence-electron chi connectivity index (χ2n) is 4.92. The maximum absolute atomic E-state index is 13.0. The molecule has 0 radical (unpaired) electrons. The number of hydrogen-bond acceptors (Lipinski definition) is 3. The Morgan fingerprint density at radius 1 is 1.52 bits per heavy atom. The molecule has 1 aromatic rings. The van der Waals surface area contributed by atoms with E-state index in [0.29, 0.717) is 16.8 Å². The minimum atomic E-state index is -0.678. The predicted molar refractivity (Wildman–Crippen MR) is 84.7 cm³/mol. The monoisotopic (exact) mass is 360 g/mol. The lowest BCUT2D eigenvalue weighted by atomic mass is 10.1. The van der Waals surface area contributed by atoms with Gasteiger partial charge in [0.25, 0.3) is 5.91 Å². The molecule has 118 valence electrons. The lowest BCUT2D eigenvalue weighted by Crippen LogP contribution is -2.45. The summed E-state index contributed by atoms with van der Waals surface area (Å²) >= 11 is 3.21. The van der Waals surface area contributed by atoms with Gasteiger partial charge in [0.2, 0.25) is 0 Å². The predicted octanol–water partition coefficient (Wildman–Crippen LogP) is 2.99. The summed E-state index contributed by atoms with van der Waals surface area (Å²) in [5.74, 6) is -0.163. The number of benzene rings is 1. The van der Waals surface area contributed by atoms with Gasteiger partial charge in [-0.15, -0.1) is 0 Å². The van der Waals surface area contributed by atoms with Gasteiger partial charge in [-0.2, -0.15) is 0 Å². The Balaban J connectivity index is 2.57. The lowest BCUT2D eigenvalue weighted by Gasteiger charge is -2.20. The van der Waals surface area contributed by atoms with Crippen LogP contribution in [0.15, 0.2) is 22.7 Å². The molecule has 0 saturated heterocycles. The number of nitrogens with one attached hydrogen (secondary N) is 1. The molecule has 0 heterocycles. The molecule has 4 nitrogen and oxygen atoms in total. The van der Waals surface area contributed by atoms with E-state index in [0.717, 1.165) is 19.3 Å². The molecular formula is C15H22BrFN2O2. The number of halogens is 2. The van der Waals surface area contributed by atoms with Gasteiger partial charge < -0.3 is 15.8 Å². The second kappa shape index (κ2) is 9.00. The van der Waals surface area contributed by atoms with Crippen LogP contribution in [0.4, 0.5) is 4.39 Å². The van der Waals surface area contributed by atoms with Crippen molar-refractivity contribution < 1.29 is 13.9 Å². The Bertz CT molecular complexity index is 471. The Hall–Kier alpha value is -1.14. The van der Waals surface area contributed by atoms with Crippen molar-refractivity contribution in [2.24, 2.45) is 5.73 Å². The number of ether oxygens (including phenoxy) is 1. The van der Waals surface area contributed by atoms with Gasteiger partial charge in [0.1, 0.15) is 11.6 Å². The molecule has 0 aliphatic rings. The van der Waals surface area contributed by atoms with Crippen LogP contribution >= 0.6 is 15.9 Å². The molecule has 3 N–H and O–H groups in total. The van der Waals surface area contributed by atoms with Gasteiger partial charge >= 0.3 is 0 Å². The molecule has 1 aromatic carbocycles. The molecule has 1 rings (SSSR count). The highest BCUT2D eigenvalue weighted by atomic mass is 79.9. The summed E-state index contributed by atoms with van der Waals surface area (Å²) in [6.07, 6.45) is 2.25. The van der Waals surface area contributed by atoms with Crippen LogP contribution in [0, 0.1) is 5.82 Å². The lowest BCUT2D eigenvalue weighted by molar-refractivity contribution is -0.128. The fourth-order valence-electron chi connectivity index (χ4n) is 1.83. The van der Waals surface area contributed by atoms with Crippen molar-refractivity contribution in [2.75, 3.05) is 6.54 Å². The normalized spacial score (nSPS) is 13.6. The molecule has 1 amide bonds. The van der Waals surface area contributed by atoms with Gasteiger partial charge in [-0.05, 0) is 47.5 Å². The molecule has 0 fully saturated rings. The van der Waals surface area contributed by atoms with Crippen LogP contribution < -0.4 is 15.8 Å². The first-order chi connectivity index (χ1) is 9.97. The van der Waals surface area contributed by atoms with Crippen LogP contribution in [-0.2, 0) is 4.79 Å².